The van der Waals surface area contributed by atoms with Crippen molar-refractivity contribution in [1.82, 2.24) is 5.06 Å². The van der Waals surface area contributed by atoms with Gasteiger partial charge in [-0.3, -0.25) is 4.84 Å². The van der Waals surface area contributed by atoms with Crippen LogP contribution in [0.5, 0.6) is 0 Å². The number of hydrogen-bond donors (Lipinski definition) is 2. The number of terminal acetylenes is 1. The van der Waals surface area contributed by atoms with E-state index in [4.69, 9.17) is 20.7 Å². The zero-order valence-electron chi connectivity index (χ0n) is 15.2. The standard InChI is InChI=1S/C20H27NO5/c1-4-10-24-13-16-19(23)17-18(22)15(20(2,3)26-16)12-25-21(17)11-14-8-6-5-7-9-14/h1,5-9,15-19,22-23H,10-13H2,2-3H3/t15-,16-,17-,18-,19-/m0/s1. The predicted molar refractivity (Wildman–Crippen MR) is 95.8 cm³/mol. The van der Waals surface area contributed by atoms with Crippen molar-refractivity contribution >= 4 is 0 Å². The van der Waals surface area contributed by atoms with Gasteiger partial charge in [-0.25, -0.2) is 0 Å². The molecule has 0 saturated carbocycles. The van der Waals surface area contributed by atoms with Gasteiger partial charge in [0.15, 0.2) is 0 Å². The molecule has 2 N–H and O–H groups in total. The molecule has 2 aliphatic heterocycles. The van der Waals surface area contributed by atoms with E-state index in [1.54, 1.807) is 5.06 Å². The van der Waals surface area contributed by atoms with E-state index in [2.05, 4.69) is 5.92 Å². The number of fused-ring (bicyclic) bond motifs is 2. The number of benzene rings is 1. The summed E-state index contributed by atoms with van der Waals surface area (Å²) in [4.78, 5) is 5.94. The maximum absolute atomic E-state index is 11.0. The Morgan fingerprint density at radius 3 is 2.69 bits per heavy atom. The highest BCUT2D eigenvalue weighted by molar-refractivity contribution is 5.15. The van der Waals surface area contributed by atoms with E-state index in [9.17, 15) is 10.2 Å². The third-order valence-electron chi connectivity index (χ3n) is 5.24. The molecule has 26 heavy (non-hydrogen) atoms. The lowest BCUT2D eigenvalue weighted by molar-refractivity contribution is -0.285. The summed E-state index contributed by atoms with van der Waals surface area (Å²) in [5, 5.41) is 23.6. The number of rotatable bonds is 5. The van der Waals surface area contributed by atoms with Crippen LogP contribution in [0.3, 0.4) is 0 Å². The second-order valence-corrected chi connectivity index (χ2v) is 7.41. The monoisotopic (exact) mass is 361 g/mol. The minimum absolute atomic E-state index is 0.147. The number of hydroxylamine groups is 2. The zero-order valence-corrected chi connectivity index (χ0v) is 15.2. The van der Waals surface area contributed by atoms with E-state index in [-0.39, 0.29) is 19.1 Å². The second kappa shape index (κ2) is 8.05. The Labute approximate surface area is 154 Å². The molecule has 6 heteroatoms. The van der Waals surface area contributed by atoms with Crippen LogP contribution in [-0.4, -0.2) is 65.1 Å². The number of hydrogen-bond acceptors (Lipinski definition) is 6. The van der Waals surface area contributed by atoms with Crippen molar-refractivity contribution in [3.63, 3.8) is 0 Å². The van der Waals surface area contributed by atoms with Gasteiger partial charge in [-0.1, -0.05) is 36.3 Å². The molecule has 0 radical (unpaired) electrons. The molecular formula is C20H27NO5. The van der Waals surface area contributed by atoms with Gasteiger partial charge >= 0.3 is 0 Å². The molecule has 5 atom stereocenters. The summed E-state index contributed by atoms with van der Waals surface area (Å²) in [6.07, 6.45) is 2.87. The first-order chi connectivity index (χ1) is 12.4. The van der Waals surface area contributed by atoms with Crippen LogP contribution in [0.25, 0.3) is 0 Å². The average Bonchev–Trinajstić information content (AvgIpc) is 2.64. The third kappa shape index (κ3) is 3.94. The molecular weight excluding hydrogens is 334 g/mol. The smallest absolute Gasteiger partial charge is 0.109 e. The van der Waals surface area contributed by atoms with Gasteiger partial charge < -0.3 is 19.7 Å². The van der Waals surface area contributed by atoms with Gasteiger partial charge in [-0.15, -0.1) is 6.42 Å². The highest BCUT2D eigenvalue weighted by Crippen LogP contribution is 2.39. The van der Waals surface area contributed by atoms with Crippen LogP contribution in [0.2, 0.25) is 0 Å². The fraction of sp³-hybridized carbons (Fsp3) is 0.600. The molecule has 1 aromatic rings. The number of ether oxygens (including phenoxy) is 2. The van der Waals surface area contributed by atoms with Crippen molar-refractivity contribution in [1.29, 1.82) is 0 Å². The summed E-state index contributed by atoms with van der Waals surface area (Å²) in [5.74, 6) is 2.15. The molecule has 3 rings (SSSR count). The Bertz CT molecular complexity index is 629. The minimum Gasteiger partial charge on any atom is -0.391 e. The van der Waals surface area contributed by atoms with Gasteiger partial charge in [0.1, 0.15) is 18.8 Å². The average molecular weight is 361 g/mol. The maximum atomic E-state index is 11.0. The number of aliphatic hydroxyl groups excluding tert-OH is 2. The molecule has 2 fully saturated rings. The van der Waals surface area contributed by atoms with Crippen molar-refractivity contribution in [3.05, 3.63) is 35.9 Å². The Balaban J connectivity index is 1.83. The number of aliphatic hydroxyl groups is 2. The Kier molecular flexibility index (Phi) is 5.98. The third-order valence-corrected chi connectivity index (χ3v) is 5.24. The number of nitrogens with zero attached hydrogens (tertiary/aromatic N) is 1. The summed E-state index contributed by atoms with van der Waals surface area (Å²) in [6.45, 7) is 4.89. The van der Waals surface area contributed by atoms with Crippen LogP contribution in [-0.2, 0) is 20.9 Å². The fourth-order valence-electron chi connectivity index (χ4n) is 3.80. The second-order valence-electron chi connectivity index (χ2n) is 7.41. The molecule has 142 valence electrons. The van der Waals surface area contributed by atoms with Crippen LogP contribution in [0, 0.1) is 18.3 Å². The van der Waals surface area contributed by atoms with Gasteiger partial charge in [-0.2, -0.15) is 5.06 Å². The summed E-state index contributed by atoms with van der Waals surface area (Å²) in [7, 11) is 0. The minimum atomic E-state index is -0.976. The van der Waals surface area contributed by atoms with Crippen LogP contribution >= 0.6 is 0 Å². The Morgan fingerprint density at radius 2 is 2.00 bits per heavy atom. The van der Waals surface area contributed by atoms with Crippen molar-refractivity contribution < 1.29 is 24.5 Å². The fourth-order valence-corrected chi connectivity index (χ4v) is 3.80. The molecule has 2 aliphatic rings. The Hall–Kier alpha value is -1.46. The molecule has 0 amide bonds. The van der Waals surface area contributed by atoms with Crippen LogP contribution in [0.1, 0.15) is 19.4 Å². The van der Waals surface area contributed by atoms with Gasteiger partial charge in [0.05, 0.1) is 31.0 Å². The van der Waals surface area contributed by atoms with Crippen molar-refractivity contribution in [3.8, 4) is 12.3 Å². The molecule has 0 aromatic heterocycles. The van der Waals surface area contributed by atoms with E-state index < -0.39 is 30.0 Å². The Morgan fingerprint density at radius 1 is 1.27 bits per heavy atom. The van der Waals surface area contributed by atoms with Gasteiger partial charge in [0.2, 0.25) is 0 Å². The quantitative estimate of drug-likeness (QED) is 0.602. The molecule has 2 saturated heterocycles. The topological polar surface area (TPSA) is 71.4 Å². The van der Waals surface area contributed by atoms with Crippen LogP contribution in [0.4, 0.5) is 0 Å². The highest BCUT2D eigenvalue weighted by Gasteiger charge is 2.54. The van der Waals surface area contributed by atoms with E-state index in [0.717, 1.165) is 5.56 Å². The first-order valence-electron chi connectivity index (χ1n) is 8.92. The normalized spacial score (nSPS) is 34.0. The van der Waals surface area contributed by atoms with Crippen molar-refractivity contribution in [2.75, 3.05) is 19.8 Å². The van der Waals surface area contributed by atoms with Crippen LogP contribution < -0.4 is 0 Å². The van der Waals surface area contributed by atoms with E-state index in [0.29, 0.717) is 13.2 Å². The zero-order chi connectivity index (χ0) is 18.7. The lowest BCUT2D eigenvalue weighted by Crippen LogP contribution is -2.60. The molecule has 2 bridgehead atoms. The molecule has 2 heterocycles. The lowest BCUT2D eigenvalue weighted by Gasteiger charge is -2.45. The molecule has 1 aromatic carbocycles. The summed E-state index contributed by atoms with van der Waals surface area (Å²) in [6, 6.07) is 9.20. The molecule has 0 unspecified atom stereocenters. The molecule has 0 aliphatic carbocycles. The van der Waals surface area contributed by atoms with E-state index >= 15 is 0 Å². The van der Waals surface area contributed by atoms with E-state index in [1.165, 1.54) is 0 Å². The first kappa shape index (κ1) is 19.3. The van der Waals surface area contributed by atoms with Gasteiger partial charge in [0.25, 0.3) is 0 Å². The first-order valence-corrected chi connectivity index (χ1v) is 8.92. The summed E-state index contributed by atoms with van der Waals surface area (Å²) in [5.41, 5.74) is 0.368. The van der Waals surface area contributed by atoms with E-state index in [1.807, 2.05) is 44.2 Å². The SMILES string of the molecule is C#CCOC[C@@H]1OC(C)(C)[C@H]2CON(Cc3ccccc3)[C@H]([C@H]1O)[C@H]2O. The van der Waals surface area contributed by atoms with Crippen molar-refractivity contribution in [2.45, 2.75) is 50.3 Å². The van der Waals surface area contributed by atoms with Crippen molar-refractivity contribution in [2.24, 2.45) is 5.92 Å². The maximum Gasteiger partial charge on any atom is 0.109 e. The predicted octanol–water partition coefficient (Wildman–Crippen LogP) is 0.968. The van der Waals surface area contributed by atoms with Crippen LogP contribution in [0.15, 0.2) is 30.3 Å². The molecule has 6 nitrogen and oxygen atoms in total. The highest BCUT2D eigenvalue weighted by atomic mass is 16.7. The van der Waals surface area contributed by atoms with Gasteiger partial charge in [-0.05, 0) is 19.4 Å². The largest absolute Gasteiger partial charge is 0.391 e. The summed E-state index contributed by atoms with van der Waals surface area (Å²) >= 11 is 0. The lowest BCUT2D eigenvalue weighted by atomic mass is 9.82. The molecule has 0 spiro atoms. The summed E-state index contributed by atoms with van der Waals surface area (Å²) < 4.78 is 11.5. The van der Waals surface area contributed by atoms with Gasteiger partial charge in [0, 0.05) is 12.5 Å².